The van der Waals surface area contributed by atoms with Crippen molar-refractivity contribution in [2.75, 3.05) is 16.8 Å². The van der Waals surface area contributed by atoms with Gasteiger partial charge in [-0.15, -0.1) is 0 Å². The van der Waals surface area contributed by atoms with Crippen molar-refractivity contribution in [1.29, 1.82) is 0 Å². The van der Waals surface area contributed by atoms with Crippen LogP contribution in [0.3, 0.4) is 0 Å². The van der Waals surface area contributed by atoms with Crippen LogP contribution < -0.4 is 15.0 Å². The number of anilines is 2. The lowest BCUT2D eigenvalue weighted by molar-refractivity contribution is -0.135. The number of para-hydroxylation sites is 3. The summed E-state index contributed by atoms with van der Waals surface area (Å²) in [5.41, 5.74) is 3.89. The maximum Gasteiger partial charge on any atom is 0.255 e. The van der Waals surface area contributed by atoms with E-state index in [1.807, 2.05) is 92.7 Å². The fourth-order valence-electron chi connectivity index (χ4n) is 4.53. The molecule has 0 saturated carbocycles. The molecule has 2 aliphatic rings. The molecule has 0 radical (unpaired) electrons. The third-order valence-electron chi connectivity index (χ3n) is 6.33. The predicted octanol–water partition coefficient (Wildman–Crippen LogP) is 4.89. The summed E-state index contributed by atoms with van der Waals surface area (Å²) < 4.78 is 6.01. The number of β-lactam (4-membered cyclic amide) rings is 1. The van der Waals surface area contributed by atoms with Gasteiger partial charge in [0.1, 0.15) is 12.4 Å². The second kappa shape index (κ2) is 7.68. The Morgan fingerprint density at radius 2 is 1.62 bits per heavy atom. The zero-order valence-corrected chi connectivity index (χ0v) is 18.1. The lowest BCUT2D eigenvalue weighted by Gasteiger charge is -2.52. The van der Waals surface area contributed by atoms with Crippen LogP contribution in [-0.4, -0.2) is 24.0 Å². The van der Waals surface area contributed by atoms with Crippen molar-refractivity contribution in [2.24, 2.45) is 0 Å². The fourth-order valence-corrected chi connectivity index (χ4v) is 4.53. The summed E-state index contributed by atoms with van der Waals surface area (Å²) >= 11 is 0. The number of benzene rings is 3. The number of hydrogen-bond donors (Lipinski definition) is 1. The maximum atomic E-state index is 13.9. The molecule has 3 aromatic rings. The Morgan fingerprint density at radius 1 is 0.938 bits per heavy atom. The summed E-state index contributed by atoms with van der Waals surface area (Å²) in [5, 5.41) is 3.08. The van der Waals surface area contributed by atoms with E-state index >= 15 is 0 Å². The van der Waals surface area contributed by atoms with Crippen molar-refractivity contribution >= 4 is 29.3 Å². The molecule has 2 amide bonds. The van der Waals surface area contributed by atoms with Gasteiger partial charge >= 0.3 is 0 Å². The average molecular weight is 425 g/mol. The maximum absolute atomic E-state index is 13.9. The van der Waals surface area contributed by atoms with Gasteiger partial charge in [-0.3, -0.25) is 14.5 Å². The first-order valence-electron chi connectivity index (χ1n) is 10.7. The molecule has 1 saturated heterocycles. The molecule has 3 aromatic carbocycles. The van der Waals surface area contributed by atoms with Crippen LogP contribution in [0.1, 0.15) is 23.1 Å². The molecule has 5 nitrogen and oxygen atoms in total. The van der Waals surface area contributed by atoms with E-state index in [2.05, 4.69) is 5.32 Å². The lowest BCUT2D eigenvalue weighted by Crippen LogP contribution is -2.71. The van der Waals surface area contributed by atoms with Gasteiger partial charge in [0, 0.05) is 22.5 Å². The number of hydrogen-bond acceptors (Lipinski definition) is 3. The third kappa shape index (κ3) is 3.09. The van der Waals surface area contributed by atoms with Crippen molar-refractivity contribution in [1.82, 2.24) is 0 Å². The Hall–Kier alpha value is -3.86. The molecule has 5 rings (SSSR count). The van der Waals surface area contributed by atoms with E-state index in [0.29, 0.717) is 0 Å². The number of aryl methyl sites for hydroxylation is 2. The van der Waals surface area contributed by atoms with Gasteiger partial charge in [0.15, 0.2) is 5.54 Å². The number of nitrogens with zero attached hydrogens (tertiary/aromatic N) is 1. The number of amides is 2. The van der Waals surface area contributed by atoms with Gasteiger partial charge in [0.05, 0.1) is 6.42 Å². The number of fused-ring (bicyclic) bond motifs is 1. The number of carbonyl (C=O) groups excluding carboxylic acids is 2. The monoisotopic (exact) mass is 424 g/mol. The molecule has 5 heteroatoms. The van der Waals surface area contributed by atoms with Gasteiger partial charge in [0.25, 0.3) is 5.91 Å². The Kier molecular flexibility index (Phi) is 4.82. The van der Waals surface area contributed by atoms with Crippen LogP contribution in [-0.2, 0) is 9.59 Å². The topological polar surface area (TPSA) is 58.6 Å². The fraction of sp³-hybridized carbons (Fsp3) is 0.185. The van der Waals surface area contributed by atoms with E-state index in [-0.39, 0.29) is 24.8 Å². The number of nitrogens with one attached hydrogen (secondary N) is 1. The first-order chi connectivity index (χ1) is 15.5. The van der Waals surface area contributed by atoms with Crippen LogP contribution in [0.4, 0.5) is 11.4 Å². The highest BCUT2D eigenvalue weighted by molar-refractivity contribution is 6.19. The standard InChI is InChI=1S/C27H24N2O3/c1-18-9-3-6-12-22(18)28-26(31)27(21-15-20-11-5-8-14-24(20)32-17-21)16-25(30)29(27)23-13-7-4-10-19(23)2/h3-15H,16-17H2,1-2H3,(H,28,31). The van der Waals surface area contributed by atoms with Crippen molar-refractivity contribution in [3.05, 3.63) is 95.1 Å². The lowest BCUT2D eigenvalue weighted by atomic mass is 9.74. The summed E-state index contributed by atoms with van der Waals surface area (Å²) in [6.45, 7) is 4.15. The Labute approximate surface area is 187 Å². The second-order valence-corrected chi connectivity index (χ2v) is 8.32. The van der Waals surface area contributed by atoms with Crippen LogP contribution in [0.2, 0.25) is 0 Å². The van der Waals surface area contributed by atoms with Gasteiger partial charge in [-0.1, -0.05) is 54.6 Å². The van der Waals surface area contributed by atoms with Gasteiger partial charge in [-0.25, -0.2) is 0 Å². The third-order valence-corrected chi connectivity index (χ3v) is 6.33. The number of carbonyl (C=O) groups is 2. The van der Waals surface area contributed by atoms with Gasteiger partial charge in [0.2, 0.25) is 5.91 Å². The molecule has 1 atom stereocenters. The normalized spacial score (nSPS) is 19.4. The van der Waals surface area contributed by atoms with Crippen molar-refractivity contribution in [3.63, 3.8) is 0 Å². The van der Waals surface area contributed by atoms with Crippen molar-refractivity contribution in [3.8, 4) is 5.75 Å². The highest BCUT2D eigenvalue weighted by atomic mass is 16.5. The quantitative estimate of drug-likeness (QED) is 0.607. The summed E-state index contributed by atoms with van der Waals surface area (Å²) in [6.07, 6.45) is 2.09. The largest absolute Gasteiger partial charge is 0.489 e. The molecule has 2 heterocycles. The Balaban J connectivity index is 1.64. The molecular formula is C27H24N2O3. The molecule has 32 heavy (non-hydrogen) atoms. The average Bonchev–Trinajstić information content (AvgIpc) is 2.80. The molecule has 1 unspecified atom stereocenters. The summed E-state index contributed by atoms with van der Waals surface area (Å²) in [5.74, 6) is 0.460. The van der Waals surface area contributed by atoms with Gasteiger partial charge < -0.3 is 10.1 Å². The zero-order valence-electron chi connectivity index (χ0n) is 18.1. The van der Waals surface area contributed by atoms with Gasteiger partial charge in [-0.05, 0) is 49.2 Å². The summed E-state index contributed by atoms with van der Waals surface area (Å²) in [6, 6.07) is 23.0. The summed E-state index contributed by atoms with van der Waals surface area (Å²) in [7, 11) is 0. The Morgan fingerprint density at radius 3 is 2.38 bits per heavy atom. The molecule has 0 spiro atoms. The minimum Gasteiger partial charge on any atom is -0.489 e. The van der Waals surface area contributed by atoms with E-state index in [4.69, 9.17) is 4.74 Å². The van der Waals surface area contributed by atoms with Crippen molar-refractivity contribution in [2.45, 2.75) is 25.8 Å². The van der Waals surface area contributed by atoms with Crippen molar-refractivity contribution < 1.29 is 14.3 Å². The molecule has 1 N–H and O–H groups in total. The SMILES string of the molecule is Cc1ccccc1NC(=O)C1(C2=Cc3ccccc3OC2)CC(=O)N1c1ccccc1C. The molecule has 0 aromatic heterocycles. The second-order valence-electron chi connectivity index (χ2n) is 8.32. The Bertz CT molecular complexity index is 1260. The minimum absolute atomic E-state index is 0.0843. The molecular weight excluding hydrogens is 400 g/mol. The van der Waals surface area contributed by atoms with Crippen LogP contribution in [0, 0.1) is 13.8 Å². The molecule has 0 bridgehead atoms. The predicted molar refractivity (Wildman–Crippen MR) is 126 cm³/mol. The smallest absolute Gasteiger partial charge is 0.255 e. The first kappa shape index (κ1) is 20.1. The van der Waals surface area contributed by atoms with Crippen LogP contribution >= 0.6 is 0 Å². The highest BCUT2D eigenvalue weighted by Crippen LogP contribution is 2.46. The summed E-state index contributed by atoms with van der Waals surface area (Å²) in [4.78, 5) is 28.5. The zero-order chi connectivity index (χ0) is 22.3. The molecule has 0 aliphatic carbocycles. The minimum atomic E-state index is -1.15. The van der Waals surface area contributed by atoms with E-state index < -0.39 is 5.54 Å². The number of ether oxygens (including phenoxy) is 1. The van der Waals surface area contributed by atoms with E-state index in [1.165, 1.54) is 0 Å². The van der Waals surface area contributed by atoms with E-state index in [1.54, 1.807) is 4.90 Å². The van der Waals surface area contributed by atoms with Gasteiger partial charge in [-0.2, -0.15) is 0 Å². The van der Waals surface area contributed by atoms with Crippen LogP contribution in [0.15, 0.2) is 78.4 Å². The van der Waals surface area contributed by atoms with Crippen LogP contribution in [0.25, 0.3) is 6.08 Å². The van der Waals surface area contributed by atoms with E-state index in [9.17, 15) is 9.59 Å². The highest BCUT2D eigenvalue weighted by Gasteiger charge is 2.60. The van der Waals surface area contributed by atoms with Crippen LogP contribution in [0.5, 0.6) is 5.75 Å². The van der Waals surface area contributed by atoms with E-state index in [0.717, 1.165) is 39.4 Å². The molecule has 160 valence electrons. The number of rotatable bonds is 4. The molecule has 2 aliphatic heterocycles. The first-order valence-corrected chi connectivity index (χ1v) is 10.7. The molecule has 1 fully saturated rings.